The van der Waals surface area contributed by atoms with Crippen LogP contribution in [0.3, 0.4) is 0 Å². The van der Waals surface area contributed by atoms with Crippen LogP contribution in [0, 0.1) is 5.82 Å². The first kappa shape index (κ1) is 17.5. The molecule has 5 nitrogen and oxygen atoms in total. The molecule has 2 heterocycles. The highest BCUT2D eigenvalue weighted by Gasteiger charge is 2.15. The van der Waals surface area contributed by atoms with Crippen LogP contribution < -0.4 is 5.56 Å². The quantitative estimate of drug-likeness (QED) is 0.584. The van der Waals surface area contributed by atoms with Crippen LogP contribution in [0.25, 0.3) is 16.8 Å². The Hall–Kier alpha value is -2.96. The minimum Gasteiger partial charge on any atom is -0.386 e. The summed E-state index contributed by atoms with van der Waals surface area (Å²) in [6, 6.07) is 14.5. The van der Waals surface area contributed by atoms with Crippen LogP contribution in [0.5, 0.6) is 0 Å². The minimum absolute atomic E-state index is 0.0656. The number of hydrogen-bond donors (Lipinski definition) is 1. The Labute approximate surface area is 158 Å². The Balaban J connectivity index is 1.69. The SMILES string of the molecule is O=c1c2cc(-c3ccc(F)cc3)nn2ccn1C[C@H](O)c1ccccc1Cl. The van der Waals surface area contributed by atoms with Crippen molar-refractivity contribution in [3.05, 3.63) is 93.7 Å². The Bertz CT molecular complexity index is 1170. The second-order valence-corrected chi connectivity index (χ2v) is 6.57. The summed E-state index contributed by atoms with van der Waals surface area (Å²) in [6.45, 7) is 0.0656. The van der Waals surface area contributed by atoms with Gasteiger partial charge in [0.15, 0.2) is 0 Å². The topological polar surface area (TPSA) is 59.5 Å². The maximum absolute atomic E-state index is 13.1. The lowest BCUT2D eigenvalue weighted by atomic mass is 10.1. The summed E-state index contributed by atoms with van der Waals surface area (Å²) in [6.07, 6.45) is 2.29. The van der Waals surface area contributed by atoms with Crippen molar-refractivity contribution < 1.29 is 9.50 Å². The zero-order chi connectivity index (χ0) is 19.0. The summed E-state index contributed by atoms with van der Waals surface area (Å²) in [4.78, 5) is 12.8. The van der Waals surface area contributed by atoms with Gasteiger partial charge in [0.25, 0.3) is 5.56 Å². The van der Waals surface area contributed by atoms with E-state index in [1.54, 1.807) is 54.9 Å². The number of benzene rings is 2. The van der Waals surface area contributed by atoms with E-state index in [2.05, 4.69) is 5.10 Å². The van der Waals surface area contributed by atoms with Crippen LogP contribution in [-0.4, -0.2) is 19.3 Å². The van der Waals surface area contributed by atoms with E-state index in [1.165, 1.54) is 21.2 Å². The molecule has 0 radical (unpaired) electrons. The lowest BCUT2D eigenvalue weighted by Gasteiger charge is -2.14. The van der Waals surface area contributed by atoms with Crippen molar-refractivity contribution in [2.24, 2.45) is 0 Å². The lowest BCUT2D eigenvalue weighted by molar-refractivity contribution is 0.155. The summed E-state index contributed by atoms with van der Waals surface area (Å²) >= 11 is 6.11. The van der Waals surface area contributed by atoms with Crippen LogP contribution in [0.4, 0.5) is 4.39 Å². The molecule has 1 atom stereocenters. The van der Waals surface area contributed by atoms with E-state index in [1.807, 2.05) is 0 Å². The molecule has 0 aliphatic carbocycles. The van der Waals surface area contributed by atoms with Gasteiger partial charge in [0, 0.05) is 28.5 Å². The molecule has 136 valence electrons. The maximum Gasteiger partial charge on any atom is 0.276 e. The summed E-state index contributed by atoms with van der Waals surface area (Å²) in [5.74, 6) is -0.335. The standard InChI is InChI=1S/C20H15ClFN3O2/c21-16-4-2-1-3-15(16)19(26)12-24-9-10-25-18(20(24)27)11-17(23-25)13-5-7-14(22)8-6-13/h1-11,19,26H,12H2/t19-/m0/s1. The smallest absolute Gasteiger partial charge is 0.276 e. The van der Waals surface area contributed by atoms with Crippen molar-refractivity contribution in [3.63, 3.8) is 0 Å². The normalized spacial score (nSPS) is 12.4. The molecule has 0 aliphatic heterocycles. The molecule has 0 aliphatic rings. The van der Waals surface area contributed by atoms with E-state index in [4.69, 9.17) is 11.6 Å². The third-order valence-electron chi connectivity index (χ3n) is 4.38. The molecule has 0 saturated heterocycles. The Morgan fingerprint density at radius 2 is 1.85 bits per heavy atom. The van der Waals surface area contributed by atoms with Crippen molar-refractivity contribution in [1.82, 2.24) is 14.2 Å². The highest BCUT2D eigenvalue weighted by atomic mass is 35.5. The van der Waals surface area contributed by atoms with Crippen LogP contribution in [0.15, 0.2) is 71.8 Å². The molecule has 7 heteroatoms. The van der Waals surface area contributed by atoms with Crippen LogP contribution in [-0.2, 0) is 6.54 Å². The molecule has 0 amide bonds. The molecule has 1 N–H and O–H groups in total. The average molecular weight is 384 g/mol. The zero-order valence-corrected chi connectivity index (χ0v) is 14.8. The fourth-order valence-electron chi connectivity index (χ4n) is 2.96. The first-order valence-electron chi connectivity index (χ1n) is 8.30. The van der Waals surface area contributed by atoms with Gasteiger partial charge in [-0.05, 0) is 36.4 Å². The fraction of sp³-hybridized carbons (Fsp3) is 0.100. The third kappa shape index (κ3) is 3.37. The number of nitrogens with zero attached hydrogens (tertiary/aromatic N) is 3. The van der Waals surface area contributed by atoms with Crippen LogP contribution >= 0.6 is 11.6 Å². The Morgan fingerprint density at radius 3 is 2.59 bits per heavy atom. The predicted octanol–water partition coefficient (Wildman–Crippen LogP) is 3.69. The molecule has 4 rings (SSSR count). The van der Waals surface area contributed by atoms with Crippen molar-refractivity contribution in [2.45, 2.75) is 12.6 Å². The third-order valence-corrected chi connectivity index (χ3v) is 4.72. The molecule has 0 spiro atoms. The van der Waals surface area contributed by atoms with Crippen molar-refractivity contribution >= 4 is 17.1 Å². The van der Waals surface area contributed by atoms with E-state index in [0.29, 0.717) is 27.4 Å². The zero-order valence-electron chi connectivity index (χ0n) is 14.1. The number of aromatic nitrogens is 3. The van der Waals surface area contributed by atoms with Gasteiger partial charge in [-0.25, -0.2) is 8.91 Å². The van der Waals surface area contributed by atoms with Crippen molar-refractivity contribution in [3.8, 4) is 11.3 Å². The lowest BCUT2D eigenvalue weighted by Crippen LogP contribution is -2.24. The number of rotatable bonds is 4. The molecule has 4 aromatic rings. The second-order valence-electron chi connectivity index (χ2n) is 6.16. The maximum atomic E-state index is 13.1. The molecule has 2 aromatic heterocycles. The van der Waals surface area contributed by atoms with Gasteiger partial charge in [0.2, 0.25) is 0 Å². The minimum atomic E-state index is -0.918. The van der Waals surface area contributed by atoms with Crippen molar-refractivity contribution in [1.29, 1.82) is 0 Å². The Morgan fingerprint density at radius 1 is 1.11 bits per heavy atom. The molecular weight excluding hydrogens is 369 g/mol. The second kappa shape index (κ2) is 6.98. The molecular formula is C20H15ClFN3O2. The number of hydrogen-bond acceptors (Lipinski definition) is 3. The van der Waals surface area contributed by atoms with Crippen LogP contribution in [0.2, 0.25) is 5.02 Å². The number of fused-ring (bicyclic) bond motifs is 1. The molecule has 27 heavy (non-hydrogen) atoms. The van der Waals surface area contributed by atoms with Gasteiger partial charge < -0.3 is 9.67 Å². The largest absolute Gasteiger partial charge is 0.386 e. The van der Waals surface area contributed by atoms with Gasteiger partial charge in [0.1, 0.15) is 11.3 Å². The number of aliphatic hydroxyl groups is 1. The molecule has 0 bridgehead atoms. The van der Waals surface area contributed by atoms with Crippen LogP contribution in [0.1, 0.15) is 11.7 Å². The highest BCUT2D eigenvalue weighted by Crippen LogP contribution is 2.24. The number of aliphatic hydroxyl groups excluding tert-OH is 1. The molecule has 2 aromatic carbocycles. The molecule has 0 unspecified atom stereocenters. The summed E-state index contributed by atoms with van der Waals surface area (Å²) < 4.78 is 16.0. The van der Waals surface area contributed by atoms with E-state index in [0.717, 1.165) is 0 Å². The summed E-state index contributed by atoms with van der Waals surface area (Å²) in [7, 11) is 0. The van der Waals surface area contributed by atoms with Crippen molar-refractivity contribution in [2.75, 3.05) is 0 Å². The van der Waals surface area contributed by atoms with E-state index in [-0.39, 0.29) is 17.9 Å². The summed E-state index contributed by atoms with van der Waals surface area (Å²) in [5.41, 5.74) is 1.91. The van der Waals surface area contributed by atoms with Gasteiger partial charge >= 0.3 is 0 Å². The van der Waals surface area contributed by atoms with Gasteiger partial charge in [-0.3, -0.25) is 4.79 Å². The monoisotopic (exact) mass is 383 g/mol. The van der Waals surface area contributed by atoms with Gasteiger partial charge in [-0.15, -0.1) is 0 Å². The van der Waals surface area contributed by atoms with E-state index in [9.17, 15) is 14.3 Å². The average Bonchev–Trinajstić information content (AvgIpc) is 3.10. The highest BCUT2D eigenvalue weighted by molar-refractivity contribution is 6.31. The van der Waals surface area contributed by atoms with Gasteiger partial charge in [-0.2, -0.15) is 5.10 Å². The van der Waals surface area contributed by atoms with Gasteiger partial charge in [-0.1, -0.05) is 29.8 Å². The predicted molar refractivity (Wildman–Crippen MR) is 101 cm³/mol. The first-order chi connectivity index (χ1) is 13.0. The summed E-state index contributed by atoms with van der Waals surface area (Å²) in [5, 5.41) is 15.3. The van der Waals surface area contributed by atoms with E-state index < -0.39 is 6.10 Å². The fourth-order valence-corrected chi connectivity index (χ4v) is 3.22. The van der Waals surface area contributed by atoms with Gasteiger partial charge in [0.05, 0.1) is 18.3 Å². The molecule has 0 fully saturated rings. The molecule has 0 saturated carbocycles. The Kier molecular flexibility index (Phi) is 4.51. The number of halogens is 2. The van der Waals surface area contributed by atoms with E-state index >= 15 is 0 Å². The first-order valence-corrected chi connectivity index (χ1v) is 8.68.